The Labute approximate surface area is 118 Å². The van der Waals surface area contributed by atoms with Gasteiger partial charge in [0, 0.05) is 5.57 Å². The van der Waals surface area contributed by atoms with E-state index in [1.54, 1.807) is 0 Å². The predicted octanol–water partition coefficient (Wildman–Crippen LogP) is 5.69. The summed E-state index contributed by atoms with van der Waals surface area (Å²) in [6, 6.07) is 0. The van der Waals surface area contributed by atoms with E-state index in [0.29, 0.717) is 0 Å². The highest BCUT2D eigenvalue weighted by Crippen LogP contribution is 2.59. The van der Waals surface area contributed by atoms with Crippen LogP contribution in [0.1, 0.15) is 20.3 Å². The number of halogens is 11. The minimum Gasteiger partial charge on any atom is -0.194 e. The Bertz CT molecular complexity index is 418. The molecule has 0 aromatic heterocycles. The lowest BCUT2D eigenvalue weighted by Gasteiger charge is -2.38. The van der Waals surface area contributed by atoms with Gasteiger partial charge in [-0.15, -0.1) is 0 Å². The molecule has 0 heterocycles. The molecule has 0 rings (SSSR count). The Morgan fingerprint density at radius 3 is 1.41 bits per heavy atom. The number of hydrogen-bond acceptors (Lipinski definition) is 0. The summed E-state index contributed by atoms with van der Waals surface area (Å²) >= 11 is 0. The van der Waals surface area contributed by atoms with Gasteiger partial charge in [-0.1, -0.05) is 20.4 Å². The van der Waals surface area contributed by atoms with Gasteiger partial charge in [-0.25, -0.2) is 0 Å². The molecule has 0 nitrogen and oxygen atoms in total. The fourth-order valence-corrected chi connectivity index (χ4v) is 1.33. The molecule has 0 bridgehead atoms. The van der Waals surface area contributed by atoms with Crippen molar-refractivity contribution in [1.29, 1.82) is 0 Å². The van der Waals surface area contributed by atoms with Crippen molar-refractivity contribution in [3.63, 3.8) is 0 Å². The zero-order chi connectivity index (χ0) is 18.4. The van der Waals surface area contributed by atoms with Crippen LogP contribution in [0.3, 0.4) is 0 Å². The first-order valence-electron chi connectivity index (χ1n) is 5.66. The molecular formula is C11H11F11. The van der Waals surface area contributed by atoms with Crippen LogP contribution in [0.15, 0.2) is 12.2 Å². The summed E-state index contributed by atoms with van der Waals surface area (Å²) in [5, 5.41) is 0. The van der Waals surface area contributed by atoms with E-state index in [0.717, 1.165) is 6.92 Å². The average molecular weight is 352 g/mol. The van der Waals surface area contributed by atoms with Crippen LogP contribution in [0.5, 0.6) is 0 Å². The summed E-state index contributed by atoms with van der Waals surface area (Å²) < 4.78 is 140. The van der Waals surface area contributed by atoms with E-state index < -0.39 is 41.4 Å². The molecule has 0 saturated carbocycles. The molecule has 0 radical (unpaired) electrons. The normalized spacial score (nSPS) is 16.6. The number of alkyl halides is 11. The first kappa shape index (κ1) is 21.0. The Balaban J connectivity index is 6.06. The summed E-state index contributed by atoms with van der Waals surface area (Å²) in [6.07, 6.45) is -7.44. The van der Waals surface area contributed by atoms with Crippen LogP contribution in [-0.4, -0.2) is 29.9 Å². The van der Waals surface area contributed by atoms with E-state index in [1.807, 2.05) is 0 Å². The number of hydrogen-bond donors (Lipinski definition) is 0. The minimum absolute atomic E-state index is 0.300. The van der Waals surface area contributed by atoms with Gasteiger partial charge in [0.15, 0.2) is 0 Å². The fourth-order valence-electron chi connectivity index (χ4n) is 1.33. The van der Waals surface area contributed by atoms with Gasteiger partial charge in [0.1, 0.15) is 0 Å². The second kappa shape index (κ2) is 5.55. The third kappa shape index (κ3) is 2.78. The molecular weight excluding hydrogens is 341 g/mol. The van der Waals surface area contributed by atoms with E-state index in [1.165, 1.54) is 6.92 Å². The third-order valence-corrected chi connectivity index (χ3v) is 3.15. The summed E-state index contributed by atoms with van der Waals surface area (Å²) in [4.78, 5) is 0. The van der Waals surface area contributed by atoms with Crippen LogP contribution >= 0.6 is 0 Å². The highest BCUT2D eigenvalue weighted by Gasteiger charge is 2.87. The summed E-state index contributed by atoms with van der Waals surface area (Å²) in [7, 11) is 0. The molecule has 0 N–H and O–H groups in total. The molecule has 0 amide bonds. The van der Waals surface area contributed by atoms with Gasteiger partial charge >= 0.3 is 29.9 Å². The number of allylic oxidation sites excluding steroid dienone is 1. The maximum atomic E-state index is 13.4. The molecule has 132 valence electrons. The van der Waals surface area contributed by atoms with Crippen molar-refractivity contribution in [3.8, 4) is 0 Å². The molecule has 0 aromatic rings. The van der Waals surface area contributed by atoms with Crippen LogP contribution < -0.4 is 0 Å². The second-order valence-electron chi connectivity index (χ2n) is 4.63. The summed E-state index contributed by atoms with van der Waals surface area (Å²) in [5.74, 6) is -29.2. The van der Waals surface area contributed by atoms with E-state index >= 15 is 0 Å². The van der Waals surface area contributed by atoms with E-state index in [-0.39, 0.29) is 6.42 Å². The zero-order valence-corrected chi connectivity index (χ0v) is 11.1. The lowest BCUT2D eigenvalue weighted by atomic mass is 9.87. The van der Waals surface area contributed by atoms with Crippen molar-refractivity contribution in [2.45, 2.75) is 50.1 Å². The standard InChI is InChI=1S/C11H11F11/c1-4-5(2)6(3)7(12,13)8(14,15)9(16,17)10(18,19)11(20,21)22/h5H,3-4H2,1-2H3. The number of rotatable bonds is 6. The maximum absolute atomic E-state index is 13.4. The van der Waals surface area contributed by atoms with Crippen LogP contribution in [0.4, 0.5) is 48.3 Å². The molecule has 0 fully saturated rings. The smallest absolute Gasteiger partial charge is 0.194 e. The lowest BCUT2D eigenvalue weighted by Crippen LogP contribution is -2.66. The maximum Gasteiger partial charge on any atom is 0.460 e. The third-order valence-electron chi connectivity index (χ3n) is 3.15. The highest BCUT2D eigenvalue weighted by molar-refractivity contribution is 5.21. The molecule has 0 aliphatic rings. The molecule has 0 spiro atoms. The Morgan fingerprint density at radius 1 is 0.773 bits per heavy atom. The average Bonchev–Trinajstić information content (AvgIpc) is 2.34. The highest BCUT2D eigenvalue weighted by atomic mass is 19.4. The van der Waals surface area contributed by atoms with Gasteiger partial charge in [-0.05, 0) is 12.3 Å². The van der Waals surface area contributed by atoms with Crippen molar-refractivity contribution < 1.29 is 48.3 Å². The van der Waals surface area contributed by atoms with E-state index in [9.17, 15) is 48.3 Å². The SMILES string of the molecule is C=C(C(C)CC)C(F)(F)C(F)(F)C(F)(F)C(F)(F)C(F)(F)F. The lowest BCUT2D eigenvalue weighted by molar-refractivity contribution is -0.418. The molecule has 11 heteroatoms. The quantitative estimate of drug-likeness (QED) is 0.425. The first-order chi connectivity index (χ1) is 9.39. The van der Waals surface area contributed by atoms with E-state index in [2.05, 4.69) is 6.58 Å². The Morgan fingerprint density at radius 2 is 1.14 bits per heavy atom. The van der Waals surface area contributed by atoms with Crippen LogP contribution in [0.2, 0.25) is 0 Å². The van der Waals surface area contributed by atoms with Gasteiger partial charge in [0.05, 0.1) is 0 Å². The van der Waals surface area contributed by atoms with Crippen molar-refractivity contribution in [1.82, 2.24) is 0 Å². The Kier molecular flexibility index (Phi) is 5.29. The van der Waals surface area contributed by atoms with Crippen molar-refractivity contribution in [2.24, 2.45) is 5.92 Å². The van der Waals surface area contributed by atoms with Gasteiger partial charge < -0.3 is 0 Å². The largest absolute Gasteiger partial charge is 0.460 e. The van der Waals surface area contributed by atoms with Gasteiger partial charge in [0.25, 0.3) is 0 Å². The van der Waals surface area contributed by atoms with Crippen LogP contribution in [-0.2, 0) is 0 Å². The molecule has 0 aliphatic carbocycles. The molecule has 22 heavy (non-hydrogen) atoms. The van der Waals surface area contributed by atoms with Gasteiger partial charge in [-0.2, -0.15) is 48.3 Å². The van der Waals surface area contributed by atoms with Crippen LogP contribution in [0, 0.1) is 5.92 Å². The first-order valence-corrected chi connectivity index (χ1v) is 5.66. The van der Waals surface area contributed by atoms with E-state index in [4.69, 9.17) is 0 Å². The molecule has 1 atom stereocenters. The molecule has 0 aliphatic heterocycles. The minimum atomic E-state index is -7.38. The van der Waals surface area contributed by atoms with Gasteiger partial charge in [0.2, 0.25) is 0 Å². The second-order valence-corrected chi connectivity index (χ2v) is 4.63. The molecule has 0 saturated heterocycles. The molecule has 1 unspecified atom stereocenters. The predicted molar refractivity (Wildman–Crippen MR) is 54.4 cm³/mol. The Hall–Kier alpha value is -1.03. The fraction of sp³-hybridized carbons (Fsp3) is 0.818. The molecule has 0 aromatic carbocycles. The zero-order valence-electron chi connectivity index (χ0n) is 11.1. The van der Waals surface area contributed by atoms with Crippen molar-refractivity contribution >= 4 is 0 Å². The van der Waals surface area contributed by atoms with Crippen molar-refractivity contribution in [3.05, 3.63) is 12.2 Å². The monoisotopic (exact) mass is 352 g/mol. The summed E-state index contributed by atoms with van der Waals surface area (Å²) in [6.45, 7) is 4.46. The summed E-state index contributed by atoms with van der Waals surface area (Å²) in [5.41, 5.74) is -1.86. The topological polar surface area (TPSA) is 0 Å². The van der Waals surface area contributed by atoms with Gasteiger partial charge in [-0.3, -0.25) is 0 Å². The van der Waals surface area contributed by atoms with Crippen molar-refractivity contribution in [2.75, 3.05) is 0 Å². The van der Waals surface area contributed by atoms with Crippen LogP contribution in [0.25, 0.3) is 0 Å².